The lowest BCUT2D eigenvalue weighted by molar-refractivity contribution is 0.138. The highest BCUT2D eigenvalue weighted by molar-refractivity contribution is 7.11. The summed E-state index contributed by atoms with van der Waals surface area (Å²) < 4.78 is 0. The summed E-state index contributed by atoms with van der Waals surface area (Å²) in [5.74, 6) is 0. The Kier molecular flexibility index (Phi) is 4.57. The first-order valence-electron chi connectivity index (χ1n) is 7.90. The fourth-order valence-corrected chi connectivity index (χ4v) is 3.97. The molecule has 1 N–H and O–H groups in total. The van der Waals surface area contributed by atoms with Crippen LogP contribution in [0, 0.1) is 0 Å². The van der Waals surface area contributed by atoms with Gasteiger partial charge in [-0.1, -0.05) is 13.3 Å². The minimum atomic E-state index is 0.765. The minimum absolute atomic E-state index is 0.765. The molecule has 0 aromatic carbocycles. The van der Waals surface area contributed by atoms with E-state index in [1.165, 1.54) is 63.0 Å². The molecule has 3 heteroatoms. The first-order chi connectivity index (χ1) is 9.35. The van der Waals surface area contributed by atoms with Crippen molar-refractivity contribution >= 4 is 11.3 Å². The van der Waals surface area contributed by atoms with Crippen LogP contribution in [0.3, 0.4) is 0 Å². The molecule has 1 aliphatic heterocycles. The summed E-state index contributed by atoms with van der Waals surface area (Å²) >= 11 is 2.00. The zero-order valence-electron chi connectivity index (χ0n) is 12.0. The second-order valence-corrected chi connectivity index (χ2v) is 7.28. The zero-order valence-corrected chi connectivity index (χ0v) is 12.8. The van der Waals surface area contributed by atoms with Gasteiger partial charge in [-0.05, 0) is 50.8 Å². The number of nitrogens with zero attached hydrogens (tertiary/aromatic N) is 1. The smallest absolute Gasteiger partial charge is 0.0331 e. The van der Waals surface area contributed by atoms with Crippen LogP contribution in [0.4, 0.5) is 0 Å². The predicted octanol–water partition coefficient (Wildman–Crippen LogP) is 3.42. The third-order valence-electron chi connectivity index (χ3n) is 4.39. The van der Waals surface area contributed by atoms with E-state index >= 15 is 0 Å². The lowest BCUT2D eigenvalue weighted by Crippen LogP contribution is -2.45. The van der Waals surface area contributed by atoms with Gasteiger partial charge in [0.2, 0.25) is 0 Å². The van der Waals surface area contributed by atoms with Gasteiger partial charge in [0.05, 0.1) is 0 Å². The van der Waals surface area contributed by atoms with E-state index in [1.807, 2.05) is 11.3 Å². The number of aryl methyl sites for hydroxylation is 1. The fourth-order valence-electron chi connectivity index (χ4n) is 2.99. The predicted molar refractivity (Wildman–Crippen MR) is 82.8 cm³/mol. The van der Waals surface area contributed by atoms with Crippen molar-refractivity contribution in [2.45, 2.75) is 64.1 Å². The number of rotatable bonds is 6. The molecule has 1 aromatic rings. The average molecular weight is 278 g/mol. The first-order valence-corrected chi connectivity index (χ1v) is 8.72. The van der Waals surface area contributed by atoms with Gasteiger partial charge < -0.3 is 5.32 Å². The lowest BCUT2D eigenvalue weighted by Gasteiger charge is -2.35. The van der Waals surface area contributed by atoms with E-state index in [0.717, 1.165) is 12.1 Å². The monoisotopic (exact) mass is 278 g/mol. The molecule has 0 spiro atoms. The van der Waals surface area contributed by atoms with E-state index in [2.05, 4.69) is 29.3 Å². The molecule has 2 nitrogen and oxygen atoms in total. The van der Waals surface area contributed by atoms with Gasteiger partial charge in [0.15, 0.2) is 0 Å². The highest BCUT2D eigenvalue weighted by Crippen LogP contribution is 2.25. The molecule has 19 heavy (non-hydrogen) atoms. The molecule has 3 rings (SSSR count). The maximum absolute atomic E-state index is 3.72. The number of nitrogens with one attached hydrogen (secondary N) is 1. The van der Waals surface area contributed by atoms with Gasteiger partial charge in [-0.25, -0.2) is 0 Å². The van der Waals surface area contributed by atoms with Crippen molar-refractivity contribution in [1.29, 1.82) is 0 Å². The molecule has 0 radical (unpaired) electrons. The Morgan fingerprint density at radius 1 is 1.21 bits per heavy atom. The van der Waals surface area contributed by atoms with Crippen LogP contribution in [0.1, 0.15) is 48.8 Å². The van der Waals surface area contributed by atoms with E-state index in [4.69, 9.17) is 0 Å². The summed E-state index contributed by atoms with van der Waals surface area (Å²) in [6, 6.07) is 6.25. The van der Waals surface area contributed by atoms with Crippen molar-refractivity contribution in [2.24, 2.45) is 0 Å². The Balaban J connectivity index is 1.55. The third-order valence-corrected chi connectivity index (χ3v) is 5.61. The molecule has 106 valence electrons. The topological polar surface area (TPSA) is 15.3 Å². The van der Waals surface area contributed by atoms with E-state index in [9.17, 15) is 0 Å². The highest BCUT2D eigenvalue weighted by atomic mass is 32.1. The second kappa shape index (κ2) is 6.38. The molecule has 2 fully saturated rings. The molecule has 1 unspecified atom stereocenters. The standard InChI is InChI=1S/C16H26N2S/c1-2-15-8-9-16(19-15)12-18-10-4-3-5-14(18)11-17-13-6-7-13/h8-9,13-14,17H,2-7,10-12H2,1H3. The summed E-state index contributed by atoms with van der Waals surface area (Å²) in [5, 5.41) is 3.72. The minimum Gasteiger partial charge on any atom is -0.312 e. The molecule has 2 aliphatic rings. The number of piperidine rings is 1. The summed E-state index contributed by atoms with van der Waals surface area (Å²) in [6.45, 7) is 5.91. The zero-order chi connectivity index (χ0) is 13.1. The Bertz CT molecular complexity index is 397. The molecule has 1 aromatic heterocycles. The molecule has 0 amide bonds. The molecule has 1 saturated carbocycles. The molecule has 1 aliphatic carbocycles. The molecular formula is C16H26N2S. The van der Waals surface area contributed by atoms with Crippen LogP contribution in [-0.2, 0) is 13.0 Å². The van der Waals surface area contributed by atoms with E-state index in [-0.39, 0.29) is 0 Å². The highest BCUT2D eigenvalue weighted by Gasteiger charge is 2.26. The van der Waals surface area contributed by atoms with Gasteiger partial charge in [-0.2, -0.15) is 0 Å². The molecular weight excluding hydrogens is 252 g/mol. The van der Waals surface area contributed by atoms with Crippen LogP contribution in [0.5, 0.6) is 0 Å². The van der Waals surface area contributed by atoms with Crippen LogP contribution in [0.25, 0.3) is 0 Å². The van der Waals surface area contributed by atoms with E-state index < -0.39 is 0 Å². The first kappa shape index (κ1) is 13.6. The third kappa shape index (κ3) is 3.80. The summed E-state index contributed by atoms with van der Waals surface area (Å²) in [6.07, 6.45) is 8.15. The van der Waals surface area contributed by atoms with Crippen LogP contribution in [0.15, 0.2) is 12.1 Å². The molecule has 1 atom stereocenters. The van der Waals surface area contributed by atoms with Gasteiger partial charge >= 0.3 is 0 Å². The van der Waals surface area contributed by atoms with Gasteiger partial charge in [0.25, 0.3) is 0 Å². The van der Waals surface area contributed by atoms with Gasteiger partial charge in [0.1, 0.15) is 0 Å². The Morgan fingerprint density at radius 3 is 2.79 bits per heavy atom. The van der Waals surface area contributed by atoms with Gasteiger partial charge in [-0.3, -0.25) is 4.90 Å². The maximum atomic E-state index is 3.72. The van der Waals surface area contributed by atoms with Crippen LogP contribution in [0.2, 0.25) is 0 Å². The summed E-state index contributed by atoms with van der Waals surface area (Å²) in [4.78, 5) is 5.79. The molecule has 1 saturated heterocycles. The van der Waals surface area contributed by atoms with Crippen molar-refractivity contribution in [3.8, 4) is 0 Å². The average Bonchev–Trinajstić information content (AvgIpc) is 3.16. The number of likely N-dealkylation sites (tertiary alicyclic amines) is 1. The van der Waals surface area contributed by atoms with E-state index in [1.54, 1.807) is 4.88 Å². The van der Waals surface area contributed by atoms with Gasteiger partial charge in [-0.15, -0.1) is 11.3 Å². The van der Waals surface area contributed by atoms with Crippen molar-refractivity contribution < 1.29 is 0 Å². The normalized spacial score (nSPS) is 24.8. The molecule has 0 bridgehead atoms. The second-order valence-electron chi connectivity index (χ2n) is 6.02. The summed E-state index contributed by atoms with van der Waals surface area (Å²) in [7, 11) is 0. The van der Waals surface area contributed by atoms with Crippen molar-refractivity contribution in [2.75, 3.05) is 13.1 Å². The largest absolute Gasteiger partial charge is 0.312 e. The Labute approximate surface area is 121 Å². The van der Waals surface area contributed by atoms with E-state index in [0.29, 0.717) is 0 Å². The summed E-state index contributed by atoms with van der Waals surface area (Å²) in [5.41, 5.74) is 0. The van der Waals surface area contributed by atoms with Crippen molar-refractivity contribution in [3.63, 3.8) is 0 Å². The van der Waals surface area contributed by atoms with Gasteiger partial charge in [0, 0.05) is 34.9 Å². The van der Waals surface area contributed by atoms with Crippen LogP contribution in [-0.4, -0.2) is 30.1 Å². The number of thiophene rings is 1. The van der Waals surface area contributed by atoms with Crippen LogP contribution >= 0.6 is 11.3 Å². The fraction of sp³-hybridized carbons (Fsp3) is 0.750. The number of hydrogen-bond acceptors (Lipinski definition) is 3. The van der Waals surface area contributed by atoms with Crippen LogP contribution < -0.4 is 5.32 Å². The van der Waals surface area contributed by atoms with Crippen molar-refractivity contribution in [3.05, 3.63) is 21.9 Å². The SMILES string of the molecule is CCc1ccc(CN2CCCCC2CNC2CC2)s1. The quantitative estimate of drug-likeness (QED) is 0.858. The number of hydrogen-bond donors (Lipinski definition) is 1. The Morgan fingerprint density at radius 2 is 2.05 bits per heavy atom. The molecule has 2 heterocycles. The maximum Gasteiger partial charge on any atom is 0.0331 e. The lowest BCUT2D eigenvalue weighted by atomic mass is 10.0. The Hall–Kier alpha value is -0.380. The van der Waals surface area contributed by atoms with Crippen molar-refractivity contribution in [1.82, 2.24) is 10.2 Å².